The second-order valence-corrected chi connectivity index (χ2v) is 6.47. The highest BCUT2D eigenvalue weighted by Gasteiger charge is 2.36. The van der Waals surface area contributed by atoms with Gasteiger partial charge in [-0.15, -0.1) is 0 Å². The van der Waals surface area contributed by atoms with Crippen LogP contribution in [0.5, 0.6) is 0 Å². The van der Waals surface area contributed by atoms with Gasteiger partial charge >= 0.3 is 0 Å². The molecule has 2 heterocycles. The first kappa shape index (κ1) is 12.9. The molecule has 2 aliphatic rings. The van der Waals surface area contributed by atoms with E-state index in [1.165, 1.54) is 44.5 Å². The van der Waals surface area contributed by atoms with E-state index in [9.17, 15) is 0 Å². The van der Waals surface area contributed by atoms with Gasteiger partial charge in [0.25, 0.3) is 0 Å². The number of anilines is 1. The van der Waals surface area contributed by atoms with Crippen molar-refractivity contribution in [3.63, 3.8) is 0 Å². The molecule has 1 aromatic heterocycles. The summed E-state index contributed by atoms with van der Waals surface area (Å²) >= 11 is 0. The molecule has 3 nitrogen and oxygen atoms in total. The van der Waals surface area contributed by atoms with Gasteiger partial charge in [-0.3, -0.25) is 0 Å². The molecule has 0 radical (unpaired) electrons. The lowest BCUT2D eigenvalue weighted by Crippen LogP contribution is -2.35. The number of rotatable bonds is 2. The van der Waals surface area contributed by atoms with E-state index in [2.05, 4.69) is 36.7 Å². The number of nitrogens with zero attached hydrogens (tertiary/aromatic N) is 3. The summed E-state index contributed by atoms with van der Waals surface area (Å²) in [7, 11) is 0. The predicted octanol–water partition coefficient (Wildman–Crippen LogP) is 3.68. The standard InChI is InChI=1S/C16H25N3/c1-11(2)16-17-12(3)10-15(18-16)19-9-8-13-6-4-5-7-14(13)19/h10-11,13-14H,4-9H2,1-3H3. The Bertz CT molecular complexity index is 455. The molecule has 1 aliphatic carbocycles. The summed E-state index contributed by atoms with van der Waals surface area (Å²) in [5.41, 5.74) is 1.10. The molecule has 2 atom stereocenters. The van der Waals surface area contributed by atoms with Gasteiger partial charge in [0, 0.05) is 30.3 Å². The quantitative estimate of drug-likeness (QED) is 0.811. The van der Waals surface area contributed by atoms with Gasteiger partial charge in [0.1, 0.15) is 11.6 Å². The fourth-order valence-corrected chi connectivity index (χ4v) is 3.67. The van der Waals surface area contributed by atoms with E-state index in [1.54, 1.807) is 0 Å². The molecule has 3 heteroatoms. The van der Waals surface area contributed by atoms with Crippen LogP contribution in [-0.2, 0) is 0 Å². The second kappa shape index (κ2) is 5.10. The Morgan fingerprint density at radius 1 is 1.16 bits per heavy atom. The number of hydrogen-bond donors (Lipinski definition) is 0. The van der Waals surface area contributed by atoms with Crippen LogP contribution in [0.2, 0.25) is 0 Å². The van der Waals surface area contributed by atoms with E-state index in [0.717, 1.165) is 23.5 Å². The monoisotopic (exact) mass is 259 g/mol. The summed E-state index contributed by atoms with van der Waals surface area (Å²) in [6.07, 6.45) is 6.94. The fourth-order valence-electron chi connectivity index (χ4n) is 3.67. The smallest absolute Gasteiger partial charge is 0.133 e. The molecular weight excluding hydrogens is 234 g/mol. The summed E-state index contributed by atoms with van der Waals surface area (Å²) in [4.78, 5) is 12.0. The minimum absolute atomic E-state index is 0.406. The first-order chi connectivity index (χ1) is 9.15. The van der Waals surface area contributed by atoms with Crippen LogP contribution in [0.1, 0.15) is 63.4 Å². The first-order valence-corrected chi connectivity index (χ1v) is 7.77. The minimum Gasteiger partial charge on any atom is -0.353 e. The first-order valence-electron chi connectivity index (χ1n) is 7.77. The molecule has 0 amide bonds. The molecule has 3 rings (SSSR count). The van der Waals surface area contributed by atoms with Gasteiger partial charge in [0.2, 0.25) is 0 Å². The van der Waals surface area contributed by atoms with E-state index >= 15 is 0 Å². The molecular formula is C16H25N3. The third-order valence-corrected chi connectivity index (χ3v) is 4.68. The molecule has 1 saturated carbocycles. The lowest BCUT2D eigenvalue weighted by atomic mass is 9.85. The summed E-state index contributed by atoms with van der Waals surface area (Å²) in [5, 5.41) is 0. The Balaban J connectivity index is 1.89. The topological polar surface area (TPSA) is 29.0 Å². The lowest BCUT2D eigenvalue weighted by molar-refractivity contribution is 0.341. The van der Waals surface area contributed by atoms with Crippen LogP contribution in [-0.4, -0.2) is 22.6 Å². The molecule has 0 aromatic carbocycles. The molecule has 2 fully saturated rings. The highest BCUT2D eigenvalue weighted by Crippen LogP contribution is 2.38. The third-order valence-electron chi connectivity index (χ3n) is 4.68. The third kappa shape index (κ3) is 2.47. The largest absolute Gasteiger partial charge is 0.353 e. The lowest BCUT2D eigenvalue weighted by Gasteiger charge is -2.32. The maximum atomic E-state index is 4.82. The number of aromatic nitrogens is 2. The van der Waals surface area contributed by atoms with Crippen molar-refractivity contribution in [2.24, 2.45) is 5.92 Å². The van der Waals surface area contributed by atoms with Gasteiger partial charge in [-0.25, -0.2) is 9.97 Å². The van der Waals surface area contributed by atoms with E-state index in [-0.39, 0.29) is 0 Å². The summed E-state index contributed by atoms with van der Waals surface area (Å²) in [5.74, 6) is 3.48. The van der Waals surface area contributed by atoms with Gasteiger partial charge in [0.05, 0.1) is 0 Å². The van der Waals surface area contributed by atoms with Crippen LogP contribution in [0.25, 0.3) is 0 Å². The van der Waals surface area contributed by atoms with E-state index in [1.807, 2.05) is 0 Å². The molecule has 104 valence electrons. The summed E-state index contributed by atoms with van der Waals surface area (Å²) < 4.78 is 0. The molecule has 0 bridgehead atoms. The SMILES string of the molecule is Cc1cc(N2CCC3CCCCC32)nc(C(C)C)n1. The Labute approximate surface area is 116 Å². The molecule has 0 spiro atoms. The van der Waals surface area contributed by atoms with Crippen LogP contribution in [0.3, 0.4) is 0 Å². The molecule has 1 aliphatic heterocycles. The number of fused-ring (bicyclic) bond motifs is 1. The number of hydrogen-bond acceptors (Lipinski definition) is 3. The minimum atomic E-state index is 0.406. The normalized spacial score (nSPS) is 26.8. The highest BCUT2D eigenvalue weighted by molar-refractivity contribution is 5.43. The van der Waals surface area contributed by atoms with Crippen LogP contribution in [0, 0.1) is 12.8 Å². The maximum Gasteiger partial charge on any atom is 0.133 e. The Morgan fingerprint density at radius 2 is 1.95 bits per heavy atom. The van der Waals surface area contributed by atoms with Crippen molar-refractivity contribution in [1.29, 1.82) is 0 Å². The van der Waals surface area contributed by atoms with Gasteiger partial charge in [-0.05, 0) is 32.1 Å². The van der Waals surface area contributed by atoms with E-state index in [4.69, 9.17) is 4.98 Å². The molecule has 0 N–H and O–H groups in total. The Hall–Kier alpha value is -1.12. The van der Waals surface area contributed by atoms with Crippen molar-refractivity contribution >= 4 is 5.82 Å². The predicted molar refractivity (Wildman–Crippen MR) is 78.6 cm³/mol. The van der Waals surface area contributed by atoms with Crippen LogP contribution in [0.15, 0.2) is 6.07 Å². The maximum absolute atomic E-state index is 4.82. The molecule has 2 unspecified atom stereocenters. The molecule has 19 heavy (non-hydrogen) atoms. The zero-order chi connectivity index (χ0) is 13.4. The number of aryl methyl sites for hydroxylation is 1. The van der Waals surface area contributed by atoms with Gasteiger partial charge in [-0.2, -0.15) is 0 Å². The molecule has 1 aromatic rings. The van der Waals surface area contributed by atoms with Crippen LogP contribution < -0.4 is 4.90 Å². The van der Waals surface area contributed by atoms with Crippen molar-refractivity contribution in [1.82, 2.24) is 9.97 Å². The Kier molecular flexibility index (Phi) is 3.46. The second-order valence-electron chi connectivity index (χ2n) is 6.47. The van der Waals surface area contributed by atoms with Gasteiger partial charge < -0.3 is 4.90 Å². The zero-order valence-corrected chi connectivity index (χ0v) is 12.4. The van der Waals surface area contributed by atoms with Gasteiger partial charge in [0.15, 0.2) is 0 Å². The van der Waals surface area contributed by atoms with Crippen LogP contribution in [0.4, 0.5) is 5.82 Å². The Morgan fingerprint density at radius 3 is 2.74 bits per heavy atom. The summed E-state index contributed by atoms with van der Waals surface area (Å²) in [6, 6.07) is 2.91. The summed E-state index contributed by atoms with van der Waals surface area (Å²) in [6.45, 7) is 7.62. The average molecular weight is 259 g/mol. The fraction of sp³-hybridized carbons (Fsp3) is 0.750. The van der Waals surface area contributed by atoms with E-state index in [0.29, 0.717) is 5.92 Å². The highest BCUT2D eigenvalue weighted by atomic mass is 15.2. The van der Waals surface area contributed by atoms with Crippen LogP contribution >= 0.6 is 0 Å². The van der Waals surface area contributed by atoms with Crippen molar-refractivity contribution < 1.29 is 0 Å². The van der Waals surface area contributed by atoms with Crippen molar-refractivity contribution in [3.05, 3.63) is 17.6 Å². The zero-order valence-electron chi connectivity index (χ0n) is 12.4. The van der Waals surface area contributed by atoms with Gasteiger partial charge in [-0.1, -0.05) is 26.7 Å². The van der Waals surface area contributed by atoms with Crippen molar-refractivity contribution in [3.8, 4) is 0 Å². The van der Waals surface area contributed by atoms with Crippen molar-refractivity contribution in [2.45, 2.75) is 64.8 Å². The molecule has 1 saturated heterocycles. The van der Waals surface area contributed by atoms with Crippen molar-refractivity contribution in [2.75, 3.05) is 11.4 Å². The average Bonchev–Trinajstić information content (AvgIpc) is 2.81. The van der Waals surface area contributed by atoms with E-state index < -0.39 is 0 Å².